The van der Waals surface area contributed by atoms with Gasteiger partial charge in [0.25, 0.3) is 5.91 Å². The highest BCUT2D eigenvalue weighted by Gasteiger charge is 2.36. The Bertz CT molecular complexity index is 573. The molecule has 1 aliphatic rings. The smallest absolute Gasteiger partial charge is 0.481 e. The van der Waals surface area contributed by atoms with Crippen molar-refractivity contribution in [1.82, 2.24) is 4.90 Å². The average Bonchev–Trinajstić information content (AvgIpc) is 2.84. The lowest BCUT2D eigenvalue weighted by molar-refractivity contribution is -0.274. The van der Waals surface area contributed by atoms with Gasteiger partial charge in [-0.3, -0.25) is 9.59 Å². The summed E-state index contributed by atoms with van der Waals surface area (Å²) < 4.78 is 41.0. The number of alkyl halides is 3. The number of carboxylic acid groups (broad SMARTS) is 1. The van der Waals surface area contributed by atoms with Crippen molar-refractivity contribution in [2.45, 2.75) is 31.7 Å². The van der Waals surface area contributed by atoms with Gasteiger partial charge in [0.1, 0.15) is 5.75 Å². The zero-order chi connectivity index (χ0) is 16.3. The number of aliphatic carboxylic acids is 1. The lowest BCUT2D eigenvalue weighted by Crippen LogP contribution is -2.37. The number of hydrogen-bond donors (Lipinski definition) is 1. The minimum atomic E-state index is -4.90. The van der Waals surface area contributed by atoms with Crippen LogP contribution in [0.5, 0.6) is 5.75 Å². The number of ether oxygens (including phenoxy) is 1. The first-order chi connectivity index (χ1) is 10.3. The molecule has 0 bridgehead atoms. The van der Waals surface area contributed by atoms with E-state index >= 15 is 0 Å². The minimum Gasteiger partial charge on any atom is -0.481 e. The van der Waals surface area contributed by atoms with E-state index < -0.39 is 30.0 Å². The van der Waals surface area contributed by atoms with Crippen molar-refractivity contribution in [3.05, 3.63) is 29.8 Å². The molecule has 1 aromatic rings. The minimum absolute atomic E-state index is 0.225. The second-order valence-electron chi connectivity index (χ2n) is 4.94. The SMILES string of the molecule is O=C(O)CC1CCCN1C(=O)c1ccccc1OC(F)(F)F. The van der Waals surface area contributed by atoms with Crippen LogP contribution >= 0.6 is 0 Å². The van der Waals surface area contributed by atoms with Crippen LogP contribution in [0.25, 0.3) is 0 Å². The van der Waals surface area contributed by atoms with E-state index in [2.05, 4.69) is 4.74 Å². The molecule has 0 spiro atoms. The standard InChI is InChI=1S/C14H14F3NO4/c15-14(16,17)22-11-6-2-1-5-10(11)13(21)18-7-3-4-9(18)8-12(19)20/h1-2,5-6,9H,3-4,7-8H2,(H,19,20). The van der Waals surface area contributed by atoms with E-state index in [-0.39, 0.29) is 12.0 Å². The van der Waals surface area contributed by atoms with Crippen molar-refractivity contribution in [3.63, 3.8) is 0 Å². The third-order valence-corrected chi connectivity index (χ3v) is 3.39. The number of carbonyl (C=O) groups excluding carboxylic acids is 1. The van der Waals surface area contributed by atoms with E-state index in [4.69, 9.17) is 5.11 Å². The van der Waals surface area contributed by atoms with Crippen LogP contribution in [0, 0.1) is 0 Å². The van der Waals surface area contributed by atoms with Crippen LogP contribution in [-0.2, 0) is 4.79 Å². The van der Waals surface area contributed by atoms with Gasteiger partial charge in [0, 0.05) is 12.6 Å². The summed E-state index contributed by atoms with van der Waals surface area (Å²) in [6, 6.07) is 4.54. The molecule has 1 heterocycles. The van der Waals surface area contributed by atoms with Crippen molar-refractivity contribution in [3.8, 4) is 5.75 Å². The maximum absolute atomic E-state index is 12.4. The summed E-state index contributed by atoms with van der Waals surface area (Å²) in [6.45, 7) is 0.317. The Morgan fingerprint density at radius 1 is 1.32 bits per heavy atom. The summed E-state index contributed by atoms with van der Waals surface area (Å²) in [4.78, 5) is 24.5. The summed E-state index contributed by atoms with van der Waals surface area (Å²) in [6.07, 6.45) is -4.00. The van der Waals surface area contributed by atoms with Crippen LogP contribution in [0.2, 0.25) is 0 Å². The van der Waals surface area contributed by atoms with E-state index in [0.717, 1.165) is 6.07 Å². The third kappa shape index (κ3) is 3.90. The highest BCUT2D eigenvalue weighted by molar-refractivity contribution is 5.97. The number of benzene rings is 1. The first-order valence-electron chi connectivity index (χ1n) is 6.65. The number of halogens is 3. The van der Waals surface area contributed by atoms with Gasteiger partial charge >= 0.3 is 12.3 Å². The van der Waals surface area contributed by atoms with Gasteiger partial charge in [-0.2, -0.15) is 0 Å². The number of likely N-dealkylation sites (tertiary alicyclic amines) is 1. The van der Waals surface area contributed by atoms with Crippen molar-refractivity contribution >= 4 is 11.9 Å². The molecule has 8 heteroatoms. The molecule has 1 amide bonds. The molecule has 22 heavy (non-hydrogen) atoms. The second-order valence-corrected chi connectivity index (χ2v) is 4.94. The summed E-state index contributed by atoms with van der Waals surface area (Å²) in [5.41, 5.74) is -0.225. The molecule has 1 N–H and O–H groups in total. The average molecular weight is 317 g/mol. The van der Waals surface area contributed by atoms with Gasteiger partial charge in [0.15, 0.2) is 0 Å². The van der Waals surface area contributed by atoms with Crippen LogP contribution in [0.15, 0.2) is 24.3 Å². The number of rotatable bonds is 4. The zero-order valence-corrected chi connectivity index (χ0v) is 11.5. The summed E-state index contributed by atoms with van der Waals surface area (Å²) in [5.74, 6) is -2.28. The number of amides is 1. The Labute approximate surface area is 124 Å². The lowest BCUT2D eigenvalue weighted by Gasteiger charge is -2.24. The van der Waals surface area contributed by atoms with Crippen molar-refractivity contribution in [1.29, 1.82) is 0 Å². The monoisotopic (exact) mass is 317 g/mol. The van der Waals surface area contributed by atoms with Crippen LogP contribution in [0.3, 0.4) is 0 Å². The molecule has 0 saturated carbocycles. The van der Waals surface area contributed by atoms with Crippen LogP contribution < -0.4 is 4.74 Å². The fraction of sp³-hybridized carbons (Fsp3) is 0.429. The number of carboxylic acids is 1. The van der Waals surface area contributed by atoms with Crippen molar-refractivity contribution in [2.75, 3.05) is 6.54 Å². The number of para-hydroxylation sites is 1. The molecule has 1 fully saturated rings. The summed E-state index contributed by atoms with van der Waals surface area (Å²) in [5, 5.41) is 8.84. The Balaban J connectivity index is 2.24. The normalized spacial score (nSPS) is 18.3. The summed E-state index contributed by atoms with van der Waals surface area (Å²) in [7, 11) is 0. The Kier molecular flexibility index (Phi) is 4.58. The molecule has 1 saturated heterocycles. The molecular formula is C14H14F3NO4. The first-order valence-corrected chi connectivity index (χ1v) is 6.65. The highest BCUT2D eigenvalue weighted by Crippen LogP contribution is 2.30. The van der Waals surface area contributed by atoms with Gasteiger partial charge in [-0.25, -0.2) is 0 Å². The van der Waals surface area contributed by atoms with Gasteiger partial charge in [-0.05, 0) is 25.0 Å². The van der Waals surface area contributed by atoms with Crippen LogP contribution in [0.4, 0.5) is 13.2 Å². The molecule has 1 atom stereocenters. The molecule has 1 aliphatic heterocycles. The number of hydrogen-bond acceptors (Lipinski definition) is 3. The topological polar surface area (TPSA) is 66.8 Å². The molecule has 0 aliphatic carbocycles. The molecule has 1 aromatic carbocycles. The number of carbonyl (C=O) groups is 2. The largest absolute Gasteiger partial charge is 0.573 e. The molecular weight excluding hydrogens is 303 g/mol. The van der Waals surface area contributed by atoms with Crippen molar-refractivity contribution in [2.24, 2.45) is 0 Å². The maximum atomic E-state index is 12.4. The fourth-order valence-electron chi connectivity index (χ4n) is 2.53. The van der Waals surface area contributed by atoms with Gasteiger partial charge < -0.3 is 14.7 Å². The predicted molar refractivity (Wildman–Crippen MR) is 69.4 cm³/mol. The van der Waals surface area contributed by atoms with Crippen LogP contribution in [-0.4, -0.2) is 40.8 Å². The van der Waals surface area contributed by atoms with Crippen molar-refractivity contribution < 1.29 is 32.6 Å². The van der Waals surface area contributed by atoms with E-state index in [0.29, 0.717) is 19.4 Å². The Morgan fingerprint density at radius 2 is 2.00 bits per heavy atom. The van der Waals surface area contributed by atoms with E-state index in [1.54, 1.807) is 0 Å². The lowest BCUT2D eigenvalue weighted by atomic mass is 10.1. The van der Waals surface area contributed by atoms with Gasteiger partial charge in [0.05, 0.1) is 12.0 Å². The third-order valence-electron chi connectivity index (χ3n) is 3.39. The van der Waals surface area contributed by atoms with Gasteiger partial charge in [0.2, 0.25) is 0 Å². The molecule has 1 unspecified atom stereocenters. The second kappa shape index (κ2) is 6.25. The summed E-state index contributed by atoms with van der Waals surface area (Å²) >= 11 is 0. The van der Waals surface area contributed by atoms with E-state index in [9.17, 15) is 22.8 Å². The molecule has 2 rings (SSSR count). The van der Waals surface area contributed by atoms with E-state index in [1.807, 2.05) is 0 Å². The Hall–Kier alpha value is -2.25. The first kappa shape index (κ1) is 16.1. The molecule has 0 aromatic heterocycles. The zero-order valence-electron chi connectivity index (χ0n) is 11.5. The van der Waals surface area contributed by atoms with Crippen LogP contribution in [0.1, 0.15) is 29.6 Å². The van der Waals surface area contributed by atoms with E-state index in [1.165, 1.54) is 23.1 Å². The fourth-order valence-corrected chi connectivity index (χ4v) is 2.53. The Morgan fingerprint density at radius 3 is 2.64 bits per heavy atom. The number of nitrogens with zero attached hydrogens (tertiary/aromatic N) is 1. The molecule has 5 nitrogen and oxygen atoms in total. The maximum Gasteiger partial charge on any atom is 0.573 e. The molecule has 0 radical (unpaired) electrons. The molecule has 120 valence electrons. The van der Waals surface area contributed by atoms with Gasteiger partial charge in [-0.1, -0.05) is 12.1 Å². The highest BCUT2D eigenvalue weighted by atomic mass is 19.4. The predicted octanol–water partition coefficient (Wildman–Crippen LogP) is 2.66. The van der Waals surface area contributed by atoms with Gasteiger partial charge in [-0.15, -0.1) is 13.2 Å². The quantitative estimate of drug-likeness (QED) is 0.927.